The minimum Gasteiger partial charge on any atom is -0.474 e. The molecular weight excluding hydrogens is 271 g/mol. The van der Waals surface area contributed by atoms with Crippen LogP contribution in [-0.4, -0.2) is 55.8 Å². The standard InChI is InChI=1S/C15H23FN4O/c1-17-14-13(12(16)9-19-14)15(18-2)21-11-7-5-10(6-8-11)20(3)4/h9-11,19H,1,5-8H2,2-4H3. The van der Waals surface area contributed by atoms with Crippen molar-refractivity contribution in [3.8, 4) is 0 Å². The Bertz CT molecular complexity index is 516. The Morgan fingerprint density at radius 2 is 2.05 bits per heavy atom. The molecule has 5 nitrogen and oxygen atoms in total. The van der Waals surface area contributed by atoms with Crippen LogP contribution in [0.1, 0.15) is 31.2 Å². The smallest absolute Gasteiger partial charge is 0.222 e. The molecule has 0 saturated heterocycles. The average molecular weight is 294 g/mol. The van der Waals surface area contributed by atoms with Gasteiger partial charge in [0.15, 0.2) is 5.82 Å². The lowest BCUT2D eigenvalue weighted by Crippen LogP contribution is -2.35. The van der Waals surface area contributed by atoms with E-state index in [1.807, 2.05) is 0 Å². The quantitative estimate of drug-likeness (QED) is 0.686. The SMILES string of the molecule is C=Nc1[nH]cc(F)c1C(=NC)OC1CCC(N(C)C)CC1. The summed E-state index contributed by atoms with van der Waals surface area (Å²) in [6.45, 7) is 3.43. The van der Waals surface area contributed by atoms with Gasteiger partial charge in [0.2, 0.25) is 5.90 Å². The Hall–Kier alpha value is -1.69. The lowest BCUT2D eigenvalue weighted by Gasteiger charge is -2.32. The Morgan fingerprint density at radius 1 is 1.38 bits per heavy atom. The van der Waals surface area contributed by atoms with Gasteiger partial charge < -0.3 is 14.6 Å². The molecule has 1 aromatic heterocycles. The van der Waals surface area contributed by atoms with Crippen LogP contribution in [0.15, 0.2) is 16.2 Å². The predicted molar refractivity (Wildman–Crippen MR) is 83.2 cm³/mol. The van der Waals surface area contributed by atoms with Crippen LogP contribution in [0.3, 0.4) is 0 Å². The Kier molecular flexibility index (Phi) is 5.12. The third-order valence-corrected chi connectivity index (χ3v) is 4.04. The van der Waals surface area contributed by atoms with Crippen molar-refractivity contribution in [2.24, 2.45) is 9.98 Å². The highest BCUT2D eigenvalue weighted by atomic mass is 19.1. The first-order valence-electron chi connectivity index (χ1n) is 7.20. The van der Waals surface area contributed by atoms with Gasteiger partial charge in [-0.25, -0.2) is 9.38 Å². The van der Waals surface area contributed by atoms with Gasteiger partial charge in [-0.2, -0.15) is 0 Å². The molecule has 0 aromatic carbocycles. The molecule has 0 bridgehead atoms. The summed E-state index contributed by atoms with van der Waals surface area (Å²) in [6, 6.07) is 0.598. The van der Waals surface area contributed by atoms with E-state index in [1.54, 1.807) is 7.05 Å². The van der Waals surface area contributed by atoms with Crippen molar-refractivity contribution in [1.82, 2.24) is 9.88 Å². The fourth-order valence-electron chi connectivity index (χ4n) is 2.78. The van der Waals surface area contributed by atoms with Crippen molar-refractivity contribution >= 4 is 18.4 Å². The molecule has 0 aliphatic heterocycles. The van der Waals surface area contributed by atoms with Crippen LogP contribution in [0.25, 0.3) is 0 Å². The zero-order valence-corrected chi connectivity index (χ0v) is 12.9. The van der Waals surface area contributed by atoms with E-state index in [0.717, 1.165) is 25.7 Å². The number of nitrogens with one attached hydrogen (secondary N) is 1. The van der Waals surface area contributed by atoms with Crippen LogP contribution in [0.2, 0.25) is 0 Å². The summed E-state index contributed by atoms with van der Waals surface area (Å²) in [5, 5.41) is 0. The van der Waals surface area contributed by atoms with Crippen LogP contribution in [0, 0.1) is 5.82 Å². The van der Waals surface area contributed by atoms with Gasteiger partial charge in [0.25, 0.3) is 0 Å². The maximum atomic E-state index is 13.9. The number of hydrogen-bond donors (Lipinski definition) is 1. The number of aromatic amines is 1. The predicted octanol–water partition coefficient (Wildman–Crippen LogP) is 2.75. The number of ether oxygens (including phenoxy) is 1. The largest absolute Gasteiger partial charge is 0.474 e. The summed E-state index contributed by atoms with van der Waals surface area (Å²) in [5.74, 6) is 0.236. The fraction of sp³-hybridized carbons (Fsp3) is 0.600. The van der Waals surface area contributed by atoms with Gasteiger partial charge >= 0.3 is 0 Å². The highest BCUT2D eigenvalue weighted by Gasteiger charge is 2.26. The van der Waals surface area contributed by atoms with Crippen molar-refractivity contribution in [2.45, 2.75) is 37.8 Å². The number of aromatic nitrogens is 1. The Morgan fingerprint density at radius 3 is 2.57 bits per heavy atom. The number of aliphatic imine (C=N–C) groups is 2. The zero-order valence-electron chi connectivity index (χ0n) is 12.9. The lowest BCUT2D eigenvalue weighted by molar-refractivity contribution is 0.103. The van der Waals surface area contributed by atoms with E-state index in [-0.39, 0.29) is 11.7 Å². The van der Waals surface area contributed by atoms with Crippen molar-refractivity contribution in [1.29, 1.82) is 0 Å². The number of hydrogen-bond acceptors (Lipinski definition) is 4. The molecule has 21 heavy (non-hydrogen) atoms. The molecule has 0 spiro atoms. The molecule has 0 amide bonds. The van der Waals surface area contributed by atoms with Gasteiger partial charge in [-0.05, 0) is 46.5 Å². The third-order valence-electron chi connectivity index (χ3n) is 4.04. The van der Waals surface area contributed by atoms with Gasteiger partial charge in [0.1, 0.15) is 17.5 Å². The van der Waals surface area contributed by atoms with Gasteiger partial charge in [-0.15, -0.1) is 0 Å². The minimum atomic E-state index is -0.417. The summed E-state index contributed by atoms with van der Waals surface area (Å²) in [5.41, 5.74) is 0.266. The molecule has 1 aliphatic rings. The second-order valence-corrected chi connectivity index (χ2v) is 5.56. The second kappa shape index (κ2) is 6.85. The molecule has 1 fully saturated rings. The van der Waals surface area contributed by atoms with Crippen LogP contribution < -0.4 is 0 Å². The first-order chi connectivity index (χ1) is 10.1. The van der Waals surface area contributed by atoms with Gasteiger partial charge in [0.05, 0.1) is 0 Å². The molecule has 1 aliphatic carbocycles. The van der Waals surface area contributed by atoms with Crippen LogP contribution in [0.4, 0.5) is 10.2 Å². The fourth-order valence-corrected chi connectivity index (χ4v) is 2.78. The number of rotatable bonds is 4. The van der Waals surface area contributed by atoms with Crippen molar-refractivity contribution in [2.75, 3.05) is 21.1 Å². The molecule has 1 heterocycles. The van der Waals surface area contributed by atoms with E-state index in [4.69, 9.17) is 4.74 Å². The summed E-state index contributed by atoms with van der Waals surface area (Å²) in [4.78, 5) is 12.8. The first-order valence-corrected chi connectivity index (χ1v) is 7.20. The number of halogens is 1. The monoisotopic (exact) mass is 294 g/mol. The van der Waals surface area contributed by atoms with Gasteiger partial charge in [-0.3, -0.25) is 4.99 Å². The highest BCUT2D eigenvalue weighted by molar-refractivity contribution is 5.98. The lowest BCUT2D eigenvalue weighted by atomic mass is 9.92. The zero-order chi connectivity index (χ0) is 15.4. The van der Waals surface area contributed by atoms with Crippen LogP contribution in [-0.2, 0) is 4.74 Å². The molecule has 116 valence electrons. The maximum absolute atomic E-state index is 13.9. The molecule has 0 radical (unpaired) electrons. The van der Waals surface area contributed by atoms with Crippen LogP contribution >= 0.6 is 0 Å². The van der Waals surface area contributed by atoms with E-state index < -0.39 is 5.82 Å². The molecule has 1 N–H and O–H groups in total. The van der Waals surface area contributed by atoms with Crippen molar-refractivity contribution in [3.05, 3.63) is 17.6 Å². The minimum absolute atomic E-state index is 0.0758. The molecule has 1 saturated carbocycles. The molecule has 0 unspecified atom stereocenters. The molecule has 2 rings (SSSR count). The van der Waals surface area contributed by atoms with Crippen LogP contribution in [0.5, 0.6) is 0 Å². The van der Waals surface area contributed by atoms with E-state index in [0.29, 0.717) is 17.8 Å². The second-order valence-electron chi connectivity index (χ2n) is 5.56. The summed E-state index contributed by atoms with van der Waals surface area (Å²) in [7, 11) is 5.80. The molecule has 6 heteroatoms. The van der Waals surface area contributed by atoms with Crippen molar-refractivity contribution < 1.29 is 9.13 Å². The van der Waals surface area contributed by atoms with E-state index in [9.17, 15) is 4.39 Å². The third kappa shape index (κ3) is 3.50. The number of H-pyrrole nitrogens is 1. The van der Waals surface area contributed by atoms with Gasteiger partial charge in [0, 0.05) is 19.3 Å². The maximum Gasteiger partial charge on any atom is 0.222 e. The molecule has 1 aromatic rings. The van der Waals surface area contributed by atoms with Crippen molar-refractivity contribution in [3.63, 3.8) is 0 Å². The Balaban J connectivity index is 2.04. The van der Waals surface area contributed by atoms with Gasteiger partial charge in [-0.1, -0.05) is 0 Å². The summed E-state index contributed by atoms with van der Waals surface area (Å²) in [6.07, 6.45) is 5.38. The van der Waals surface area contributed by atoms with E-state index >= 15 is 0 Å². The molecule has 0 atom stereocenters. The van der Waals surface area contributed by atoms with E-state index in [1.165, 1.54) is 6.20 Å². The first kappa shape index (κ1) is 15.7. The Labute approximate surface area is 124 Å². The summed E-state index contributed by atoms with van der Waals surface area (Å²) < 4.78 is 19.8. The topological polar surface area (TPSA) is 53.0 Å². The average Bonchev–Trinajstić information content (AvgIpc) is 2.86. The number of nitrogens with zero attached hydrogens (tertiary/aromatic N) is 3. The highest BCUT2D eigenvalue weighted by Crippen LogP contribution is 2.27. The van der Waals surface area contributed by atoms with E-state index in [2.05, 4.69) is 40.7 Å². The molecular formula is C15H23FN4O. The summed E-state index contributed by atoms with van der Waals surface area (Å²) >= 11 is 0. The normalized spacial score (nSPS) is 23.4.